The number of anilines is 1. The molecule has 0 aromatic heterocycles. The highest BCUT2D eigenvalue weighted by Crippen LogP contribution is 2.48. The average Bonchev–Trinajstić information content (AvgIpc) is 2.76. The van der Waals surface area contributed by atoms with E-state index in [-0.39, 0.29) is 0 Å². The van der Waals surface area contributed by atoms with E-state index in [1.165, 1.54) is 16.8 Å². The lowest BCUT2D eigenvalue weighted by atomic mass is 10.0. The molecule has 3 atom stereocenters. The van der Waals surface area contributed by atoms with Gasteiger partial charge in [0.1, 0.15) is 0 Å². The first-order chi connectivity index (χ1) is 9.68. The van der Waals surface area contributed by atoms with Crippen molar-refractivity contribution in [3.05, 3.63) is 65.7 Å². The fourth-order valence-corrected chi connectivity index (χ4v) is 4.67. The second-order valence-electron chi connectivity index (χ2n) is 5.50. The molecule has 2 heteroatoms. The number of nitrogens with zero attached hydrogens (tertiary/aromatic N) is 1. The summed E-state index contributed by atoms with van der Waals surface area (Å²) >= 11 is 2.06. The summed E-state index contributed by atoms with van der Waals surface area (Å²) in [7, 11) is 0. The molecule has 3 rings (SSSR count). The van der Waals surface area contributed by atoms with Crippen molar-refractivity contribution in [2.45, 2.75) is 37.4 Å². The lowest BCUT2D eigenvalue weighted by molar-refractivity contribution is 0.655. The van der Waals surface area contributed by atoms with Crippen molar-refractivity contribution in [1.82, 2.24) is 0 Å². The summed E-state index contributed by atoms with van der Waals surface area (Å²) in [6.07, 6.45) is 0. The first kappa shape index (κ1) is 13.6. The largest absolute Gasteiger partial charge is 0.355 e. The van der Waals surface area contributed by atoms with Gasteiger partial charge in [0.2, 0.25) is 0 Å². The second kappa shape index (κ2) is 5.53. The van der Waals surface area contributed by atoms with Crippen LogP contribution in [0.1, 0.15) is 30.2 Å². The van der Waals surface area contributed by atoms with Gasteiger partial charge in [-0.05, 0) is 38.0 Å². The molecule has 1 heterocycles. The Balaban J connectivity index is 1.93. The fourth-order valence-electron chi connectivity index (χ4n) is 3.14. The Bertz CT molecular complexity index is 581. The van der Waals surface area contributed by atoms with Crippen molar-refractivity contribution in [3.8, 4) is 0 Å². The molecule has 2 unspecified atom stereocenters. The number of benzene rings is 2. The molecule has 0 amide bonds. The van der Waals surface area contributed by atoms with Gasteiger partial charge in [0.05, 0.1) is 10.6 Å². The normalized spacial score (nSPS) is 25.9. The predicted octanol–water partition coefficient (Wildman–Crippen LogP) is 5.02. The Kier molecular flexibility index (Phi) is 3.75. The zero-order valence-corrected chi connectivity index (χ0v) is 13.1. The molecule has 0 saturated carbocycles. The maximum Gasteiger partial charge on any atom is 0.0733 e. The van der Waals surface area contributed by atoms with Crippen LogP contribution in [0.15, 0.2) is 54.6 Å². The minimum atomic E-state index is 0.510. The Hall–Kier alpha value is -1.41. The highest BCUT2D eigenvalue weighted by Gasteiger charge is 2.38. The molecule has 0 radical (unpaired) electrons. The van der Waals surface area contributed by atoms with Gasteiger partial charge in [-0.2, -0.15) is 0 Å². The zero-order valence-electron chi connectivity index (χ0n) is 12.3. The minimum absolute atomic E-state index is 0.510. The van der Waals surface area contributed by atoms with Gasteiger partial charge in [-0.1, -0.05) is 48.5 Å². The van der Waals surface area contributed by atoms with Gasteiger partial charge in [-0.3, -0.25) is 0 Å². The Morgan fingerprint density at radius 1 is 0.900 bits per heavy atom. The Morgan fingerprint density at radius 2 is 1.55 bits per heavy atom. The van der Waals surface area contributed by atoms with Crippen molar-refractivity contribution < 1.29 is 0 Å². The lowest BCUT2D eigenvalue weighted by Crippen LogP contribution is -2.34. The molecule has 104 valence electrons. The first-order valence-electron chi connectivity index (χ1n) is 7.23. The molecule has 1 saturated heterocycles. The third-order valence-corrected chi connectivity index (χ3v) is 5.71. The molecule has 0 bridgehead atoms. The summed E-state index contributed by atoms with van der Waals surface area (Å²) in [4.78, 5) is 2.57. The SMILES string of the molecule is Cc1ccccc1N1C(C)SC(c2ccccc2)[C@@H]1C. The molecule has 0 aliphatic carbocycles. The molecular formula is C18H21NS. The summed E-state index contributed by atoms with van der Waals surface area (Å²) in [5.41, 5.74) is 4.17. The van der Waals surface area contributed by atoms with Crippen LogP contribution in [-0.4, -0.2) is 11.4 Å². The third-order valence-electron chi connectivity index (χ3n) is 4.13. The molecule has 20 heavy (non-hydrogen) atoms. The van der Waals surface area contributed by atoms with Gasteiger partial charge in [-0.15, -0.1) is 11.8 Å². The number of para-hydroxylation sites is 1. The van der Waals surface area contributed by atoms with Gasteiger partial charge in [0, 0.05) is 11.7 Å². The summed E-state index contributed by atoms with van der Waals surface area (Å²) in [5.74, 6) is 0. The topological polar surface area (TPSA) is 3.24 Å². The van der Waals surface area contributed by atoms with E-state index in [0.717, 1.165) is 0 Å². The van der Waals surface area contributed by atoms with Crippen LogP contribution in [0.3, 0.4) is 0 Å². The van der Waals surface area contributed by atoms with Gasteiger partial charge >= 0.3 is 0 Å². The van der Waals surface area contributed by atoms with E-state index in [1.807, 2.05) is 0 Å². The predicted molar refractivity (Wildman–Crippen MR) is 89.4 cm³/mol. The molecule has 2 aromatic rings. The van der Waals surface area contributed by atoms with E-state index in [9.17, 15) is 0 Å². The average molecular weight is 283 g/mol. The summed E-state index contributed by atoms with van der Waals surface area (Å²) in [6.45, 7) is 6.87. The van der Waals surface area contributed by atoms with Crippen LogP contribution in [0.25, 0.3) is 0 Å². The van der Waals surface area contributed by atoms with Crippen LogP contribution in [0.5, 0.6) is 0 Å². The van der Waals surface area contributed by atoms with Crippen molar-refractivity contribution in [3.63, 3.8) is 0 Å². The number of rotatable bonds is 2. The summed E-state index contributed by atoms with van der Waals surface area (Å²) in [6, 6.07) is 20.1. The van der Waals surface area contributed by atoms with E-state index in [4.69, 9.17) is 0 Å². The van der Waals surface area contributed by atoms with Crippen LogP contribution in [0.4, 0.5) is 5.69 Å². The third kappa shape index (κ3) is 2.33. The van der Waals surface area contributed by atoms with Gasteiger partial charge < -0.3 is 4.90 Å². The molecule has 1 fully saturated rings. The standard InChI is InChI=1S/C18H21NS/c1-13-9-7-8-12-17(13)19-14(2)18(20-15(19)3)16-10-5-4-6-11-16/h4-12,14-15,18H,1-3H3/t14-,15?,18?/m0/s1. The monoisotopic (exact) mass is 283 g/mol. The van der Waals surface area contributed by atoms with Crippen molar-refractivity contribution in [1.29, 1.82) is 0 Å². The maximum absolute atomic E-state index is 2.57. The van der Waals surface area contributed by atoms with Crippen LogP contribution >= 0.6 is 11.8 Å². The van der Waals surface area contributed by atoms with Gasteiger partial charge in [-0.25, -0.2) is 0 Å². The van der Waals surface area contributed by atoms with E-state index in [0.29, 0.717) is 16.7 Å². The molecular weight excluding hydrogens is 262 g/mol. The number of hydrogen-bond donors (Lipinski definition) is 0. The van der Waals surface area contributed by atoms with E-state index in [1.54, 1.807) is 0 Å². The van der Waals surface area contributed by atoms with Gasteiger partial charge in [0.15, 0.2) is 0 Å². The van der Waals surface area contributed by atoms with E-state index >= 15 is 0 Å². The quantitative estimate of drug-likeness (QED) is 0.761. The van der Waals surface area contributed by atoms with Crippen molar-refractivity contribution >= 4 is 17.4 Å². The summed E-state index contributed by atoms with van der Waals surface area (Å²) in [5, 5.41) is 1.06. The van der Waals surface area contributed by atoms with Crippen molar-refractivity contribution in [2.75, 3.05) is 4.90 Å². The Labute approximate surface area is 126 Å². The van der Waals surface area contributed by atoms with Crippen molar-refractivity contribution in [2.24, 2.45) is 0 Å². The molecule has 1 aliphatic heterocycles. The van der Waals surface area contributed by atoms with Crippen LogP contribution < -0.4 is 4.90 Å². The lowest BCUT2D eigenvalue weighted by Gasteiger charge is -2.30. The molecule has 1 nitrogen and oxygen atoms in total. The molecule has 2 aromatic carbocycles. The summed E-state index contributed by atoms with van der Waals surface area (Å²) < 4.78 is 0. The molecule has 1 aliphatic rings. The van der Waals surface area contributed by atoms with Crippen LogP contribution in [0.2, 0.25) is 0 Å². The van der Waals surface area contributed by atoms with E-state index < -0.39 is 0 Å². The minimum Gasteiger partial charge on any atom is -0.355 e. The van der Waals surface area contributed by atoms with Crippen LogP contribution in [0, 0.1) is 6.92 Å². The number of aryl methyl sites for hydroxylation is 1. The maximum atomic E-state index is 2.57. The van der Waals surface area contributed by atoms with Gasteiger partial charge in [0.25, 0.3) is 0 Å². The first-order valence-corrected chi connectivity index (χ1v) is 8.17. The highest BCUT2D eigenvalue weighted by molar-refractivity contribution is 8.00. The van der Waals surface area contributed by atoms with Crippen LogP contribution in [-0.2, 0) is 0 Å². The van der Waals surface area contributed by atoms with E-state index in [2.05, 4.69) is 92.0 Å². The zero-order chi connectivity index (χ0) is 14.1. The molecule has 0 N–H and O–H groups in total. The smallest absolute Gasteiger partial charge is 0.0733 e. The number of hydrogen-bond acceptors (Lipinski definition) is 2. The highest BCUT2D eigenvalue weighted by atomic mass is 32.2. The number of thioether (sulfide) groups is 1. The Morgan fingerprint density at radius 3 is 2.25 bits per heavy atom. The second-order valence-corrected chi connectivity index (χ2v) is 6.96. The molecule has 0 spiro atoms. The fraction of sp³-hybridized carbons (Fsp3) is 0.333.